The SMILES string of the molecule is OCc1c(-c2ccc(Cl)cc2)nc2c(F)cccn12. The van der Waals surface area contributed by atoms with Crippen LogP contribution >= 0.6 is 11.6 Å². The molecule has 0 fully saturated rings. The van der Waals surface area contributed by atoms with Gasteiger partial charge in [-0.05, 0) is 24.3 Å². The highest BCUT2D eigenvalue weighted by molar-refractivity contribution is 6.30. The number of fused-ring (bicyclic) bond motifs is 1. The van der Waals surface area contributed by atoms with Crippen molar-refractivity contribution in [3.05, 3.63) is 59.1 Å². The van der Waals surface area contributed by atoms with E-state index >= 15 is 0 Å². The summed E-state index contributed by atoms with van der Waals surface area (Å²) in [7, 11) is 0. The van der Waals surface area contributed by atoms with E-state index in [-0.39, 0.29) is 12.3 Å². The predicted octanol–water partition coefficient (Wildman–Crippen LogP) is 3.29. The molecule has 0 bridgehead atoms. The average molecular weight is 277 g/mol. The largest absolute Gasteiger partial charge is 0.390 e. The highest BCUT2D eigenvalue weighted by atomic mass is 35.5. The number of aromatic nitrogens is 2. The zero-order valence-corrected chi connectivity index (χ0v) is 10.6. The normalized spacial score (nSPS) is 11.1. The Morgan fingerprint density at radius 1 is 1.21 bits per heavy atom. The van der Waals surface area contributed by atoms with Crippen LogP contribution in [-0.2, 0) is 6.61 Å². The molecule has 0 unspecified atom stereocenters. The van der Waals surface area contributed by atoms with E-state index < -0.39 is 5.82 Å². The molecule has 0 radical (unpaired) electrons. The Hall–Kier alpha value is -1.91. The molecule has 3 rings (SSSR count). The van der Waals surface area contributed by atoms with Crippen LogP contribution in [0.4, 0.5) is 4.39 Å². The van der Waals surface area contributed by atoms with E-state index in [1.165, 1.54) is 6.07 Å². The number of nitrogens with zero attached hydrogens (tertiary/aromatic N) is 2. The molecule has 0 saturated heterocycles. The molecule has 19 heavy (non-hydrogen) atoms. The first-order chi connectivity index (χ1) is 9.20. The van der Waals surface area contributed by atoms with E-state index in [2.05, 4.69) is 4.98 Å². The number of hydrogen-bond donors (Lipinski definition) is 1. The quantitative estimate of drug-likeness (QED) is 0.780. The third-order valence-corrected chi connectivity index (χ3v) is 3.22. The highest BCUT2D eigenvalue weighted by Gasteiger charge is 2.15. The number of halogens is 2. The van der Waals surface area contributed by atoms with E-state index in [9.17, 15) is 9.50 Å². The second kappa shape index (κ2) is 4.64. The molecular weight excluding hydrogens is 267 g/mol. The summed E-state index contributed by atoms with van der Waals surface area (Å²) in [5, 5.41) is 10.1. The number of aliphatic hydroxyl groups excluding tert-OH is 1. The predicted molar refractivity (Wildman–Crippen MR) is 71.5 cm³/mol. The lowest BCUT2D eigenvalue weighted by molar-refractivity contribution is 0.276. The molecule has 96 valence electrons. The van der Waals surface area contributed by atoms with Crippen molar-refractivity contribution in [2.45, 2.75) is 6.61 Å². The Kier molecular flexibility index (Phi) is 2.97. The Morgan fingerprint density at radius 2 is 1.95 bits per heavy atom. The van der Waals surface area contributed by atoms with Gasteiger partial charge < -0.3 is 5.11 Å². The van der Waals surface area contributed by atoms with Gasteiger partial charge in [-0.25, -0.2) is 9.37 Å². The van der Waals surface area contributed by atoms with Gasteiger partial charge in [-0.2, -0.15) is 0 Å². The van der Waals surface area contributed by atoms with Crippen molar-refractivity contribution in [1.29, 1.82) is 0 Å². The fourth-order valence-electron chi connectivity index (χ4n) is 2.07. The van der Waals surface area contributed by atoms with Crippen LogP contribution in [0.5, 0.6) is 0 Å². The van der Waals surface area contributed by atoms with Crippen LogP contribution in [0, 0.1) is 5.82 Å². The van der Waals surface area contributed by atoms with Crippen LogP contribution in [0.25, 0.3) is 16.9 Å². The van der Waals surface area contributed by atoms with Crippen molar-refractivity contribution in [3.8, 4) is 11.3 Å². The van der Waals surface area contributed by atoms with Gasteiger partial charge in [0, 0.05) is 16.8 Å². The fourth-order valence-corrected chi connectivity index (χ4v) is 2.20. The maximum atomic E-state index is 13.7. The molecule has 0 aliphatic rings. The monoisotopic (exact) mass is 276 g/mol. The van der Waals surface area contributed by atoms with Crippen LogP contribution in [0.3, 0.4) is 0 Å². The second-order valence-electron chi connectivity index (χ2n) is 4.12. The maximum Gasteiger partial charge on any atom is 0.174 e. The molecule has 1 N–H and O–H groups in total. The lowest BCUT2D eigenvalue weighted by atomic mass is 10.1. The number of imidazole rings is 1. The van der Waals surface area contributed by atoms with Crippen molar-refractivity contribution in [2.24, 2.45) is 0 Å². The van der Waals surface area contributed by atoms with Gasteiger partial charge in [0.05, 0.1) is 18.0 Å². The average Bonchev–Trinajstić information content (AvgIpc) is 2.79. The van der Waals surface area contributed by atoms with Crippen molar-refractivity contribution in [2.75, 3.05) is 0 Å². The number of aliphatic hydroxyl groups is 1. The molecule has 2 aromatic heterocycles. The van der Waals surface area contributed by atoms with Gasteiger partial charge in [-0.3, -0.25) is 4.40 Å². The lowest BCUT2D eigenvalue weighted by Crippen LogP contribution is -1.94. The molecule has 0 atom stereocenters. The van der Waals surface area contributed by atoms with Crippen LogP contribution in [0.15, 0.2) is 42.6 Å². The molecule has 0 spiro atoms. The molecule has 0 amide bonds. The molecule has 5 heteroatoms. The Bertz CT molecular complexity index is 737. The number of hydrogen-bond acceptors (Lipinski definition) is 2. The topological polar surface area (TPSA) is 37.5 Å². The minimum atomic E-state index is -0.419. The fraction of sp³-hybridized carbons (Fsp3) is 0.0714. The summed E-state index contributed by atoms with van der Waals surface area (Å²) in [4.78, 5) is 4.27. The van der Waals surface area contributed by atoms with Crippen LogP contribution in [-0.4, -0.2) is 14.5 Å². The first kappa shape index (κ1) is 12.1. The van der Waals surface area contributed by atoms with Crippen molar-refractivity contribution >= 4 is 17.2 Å². The minimum Gasteiger partial charge on any atom is -0.390 e. The van der Waals surface area contributed by atoms with Crippen molar-refractivity contribution < 1.29 is 9.50 Å². The van der Waals surface area contributed by atoms with Gasteiger partial charge in [-0.1, -0.05) is 23.7 Å². The summed E-state index contributed by atoms with van der Waals surface area (Å²) in [6, 6.07) is 9.98. The van der Waals surface area contributed by atoms with Crippen LogP contribution in [0.2, 0.25) is 5.02 Å². The lowest BCUT2D eigenvalue weighted by Gasteiger charge is -2.01. The van der Waals surface area contributed by atoms with Gasteiger partial charge >= 0.3 is 0 Å². The third kappa shape index (κ3) is 1.99. The first-order valence-electron chi connectivity index (χ1n) is 5.73. The summed E-state index contributed by atoms with van der Waals surface area (Å²) in [6.07, 6.45) is 1.68. The molecule has 1 aromatic carbocycles. The standard InChI is InChI=1S/C14H10ClFN2O/c15-10-5-3-9(4-6-10)13-12(8-19)18-7-1-2-11(16)14(18)17-13/h1-7,19H,8H2. The Morgan fingerprint density at radius 3 is 2.63 bits per heavy atom. The summed E-state index contributed by atoms with van der Waals surface area (Å²) in [5.41, 5.74) is 2.11. The third-order valence-electron chi connectivity index (χ3n) is 2.97. The van der Waals surface area contributed by atoms with Gasteiger partial charge in [0.2, 0.25) is 0 Å². The molecule has 0 aliphatic carbocycles. The molecule has 2 heterocycles. The zero-order valence-electron chi connectivity index (χ0n) is 9.85. The van der Waals surface area contributed by atoms with Gasteiger partial charge in [0.1, 0.15) is 0 Å². The second-order valence-corrected chi connectivity index (χ2v) is 4.56. The van der Waals surface area contributed by atoms with Crippen molar-refractivity contribution in [3.63, 3.8) is 0 Å². The van der Waals surface area contributed by atoms with Gasteiger partial charge in [0.25, 0.3) is 0 Å². The van der Waals surface area contributed by atoms with E-state index in [1.807, 2.05) is 0 Å². The molecule has 0 aliphatic heterocycles. The highest BCUT2D eigenvalue weighted by Crippen LogP contribution is 2.26. The molecule has 3 aromatic rings. The smallest absolute Gasteiger partial charge is 0.174 e. The first-order valence-corrected chi connectivity index (χ1v) is 6.11. The number of rotatable bonds is 2. The van der Waals surface area contributed by atoms with Crippen molar-refractivity contribution in [1.82, 2.24) is 9.38 Å². The minimum absolute atomic E-state index is 0.205. The van der Waals surface area contributed by atoms with E-state index in [0.29, 0.717) is 16.4 Å². The molecule has 0 saturated carbocycles. The van der Waals surface area contributed by atoms with Gasteiger partial charge in [-0.15, -0.1) is 0 Å². The van der Waals surface area contributed by atoms with E-state index in [1.54, 1.807) is 40.9 Å². The van der Waals surface area contributed by atoms with Crippen LogP contribution in [0.1, 0.15) is 5.69 Å². The number of benzene rings is 1. The van der Waals surface area contributed by atoms with Gasteiger partial charge in [0.15, 0.2) is 11.5 Å². The molecular formula is C14H10ClFN2O. The van der Waals surface area contributed by atoms with E-state index in [4.69, 9.17) is 11.6 Å². The Balaban J connectivity index is 2.29. The summed E-state index contributed by atoms with van der Waals surface area (Å²) < 4.78 is 15.3. The maximum absolute atomic E-state index is 13.7. The summed E-state index contributed by atoms with van der Waals surface area (Å²) in [5.74, 6) is -0.419. The van der Waals surface area contributed by atoms with Crippen LogP contribution < -0.4 is 0 Å². The Labute approximate surface area is 113 Å². The summed E-state index contributed by atoms with van der Waals surface area (Å²) in [6.45, 7) is -0.220. The van der Waals surface area contributed by atoms with E-state index in [0.717, 1.165) is 5.56 Å². The molecule has 3 nitrogen and oxygen atoms in total. The zero-order chi connectivity index (χ0) is 13.4. The number of pyridine rings is 1. The summed E-state index contributed by atoms with van der Waals surface area (Å²) >= 11 is 5.84.